The Hall–Kier alpha value is -3.66. The number of hydrogen-bond acceptors (Lipinski definition) is 6. The van der Waals surface area contributed by atoms with Crippen LogP contribution in [0.3, 0.4) is 0 Å². The third-order valence-electron chi connectivity index (χ3n) is 9.18. The van der Waals surface area contributed by atoms with E-state index in [2.05, 4.69) is 15.2 Å². The molecule has 4 aliphatic rings. The molecule has 200 valence electrons. The van der Waals surface area contributed by atoms with Gasteiger partial charge in [0.2, 0.25) is 11.8 Å². The highest BCUT2D eigenvalue weighted by atomic mass is 16.3. The summed E-state index contributed by atoms with van der Waals surface area (Å²) in [5.41, 5.74) is 13.8. The van der Waals surface area contributed by atoms with Crippen LogP contribution in [0, 0.1) is 11.8 Å². The van der Waals surface area contributed by atoms with Crippen molar-refractivity contribution in [3.05, 3.63) is 62.6 Å². The van der Waals surface area contributed by atoms with E-state index in [1.165, 1.54) is 24.0 Å². The van der Waals surface area contributed by atoms with Crippen LogP contribution >= 0.6 is 0 Å². The molecule has 0 radical (unpaired) electrons. The Morgan fingerprint density at radius 1 is 1.16 bits per heavy atom. The van der Waals surface area contributed by atoms with Crippen molar-refractivity contribution in [3.63, 3.8) is 0 Å². The molecule has 1 saturated carbocycles. The largest absolute Gasteiger partial charge is 0.508 e. The fraction of sp³-hybridized carbons (Fsp3) is 0.500. The van der Waals surface area contributed by atoms with Crippen LogP contribution in [0.2, 0.25) is 0 Å². The van der Waals surface area contributed by atoms with Gasteiger partial charge in [0.25, 0.3) is 11.5 Å². The number of aromatic hydroxyl groups is 1. The van der Waals surface area contributed by atoms with Gasteiger partial charge in [-0.05, 0) is 91.8 Å². The summed E-state index contributed by atoms with van der Waals surface area (Å²) in [4.78, 5) is 54.6. The van der Waals surface area contributed by atoms with Crippen molar-refractivity contribution in [3.8, 4) is 5.75 Å². The molecule has 2 unspecified atom stereocenters. The van der Waals surface area contributed by atoms with Gasteiger partial charge in [-0.25, -0.2) is 0 Å². The Kier molecular flexibility index (Phi) is 5.82. The molecule has 7 N–H and O–H groups in total. The van der Waals surface area contributed by atoms with E-state index in [9.17, 15) is 24.3 Å². The first-order chi connectivity index (χ1) is 18.1. The predicted octanol–water partition coefficient (Wildman–Crippen LogP) is 0.233. The van der Waals surface area contributed by atoms with Gasteiger partial charge in [0.15, 0.2) is 0 Å². The van der Waals surface area contributed by atoms with E-state index in [1.807, 2.05) is 12.1 Å². The Morgan fingerprint density at radius 3 is 2.66 bits per heavy atom. The number of fused-ring (bicyclic) bond motifs is 2. The van der Waals surface area contributed by atoms with Gasteiger partial charge in [0.1, 0.15) is 17.4 Å². The highest BCUT2D eigenvalue weighted by molar-refractivity contribution is 5.98. The Bertz CT molecular complexity index is 1400. The van der Waals surface area contributed by atoms with Crippen molar-refractivity contribution >= 4 is 17.7 Å². The van der Waals surface area contributed by atoms with Crippen molar-refractivity contribution in [2.24, 2.45) is 23.3 Å². The number of nitrogens with two attached hydrogens (primary N) is 2. The molecule has 38 heavy (non-hydrogen) atoms. The van der Waals surface area contributed by atoms with Gasteiger partial charge in [0.05, 0.1) is 6.42 Å². The minimum Gasteiger partial charge on any atom is -0.508 e. The van der Waals surface area contributed by atoms with E-state index < -0.39 is 35.7 Å². The van der Waals surface area contributed by atoms with Crippen LogP contribution in [0.15, 0.2) is 29.1 Å². The third kappa shape index (κ3) is 4.16. The fourth-order valence-corrected chi connectivity index (χ4v) is 7.19. The summed E-state index contributed by atoms with van der Waals surface area (Å²) in [5.74, 6) is -1.17. The smallest absolute Gasteiger partial charge is 0.261 e. The number of amides is 3. The third-order valence-corrected chi connectivity index (χ3v) is 9.18. The number of likely N-dealkylation sites (tertiary alicyclic amines) is 1. The van der Waals surface area contributed by atoms with Gasteiger partial charge in [-0.3, -0.25) is 24.1 Å². The number of primary amides is 2. The van der Waals surface area contributed by atoms with Crippen LogP contribution in [0.5, 0.6) is 5.75 Å². The van der Waals surface area contributed by atoms with Crippen molar-refractivity contribution < 1.29 is 19.5 Å². The monoisotopic (exact) mass is 519 g/mol. The van der Waals surface area contributed by atoms with Gasteiger partial charge < -0.3 is 26.9 Å². The van der Waals surface area contributed by atoms with Crippen LogP contribution in [0.1, 0.15) is 58.4 Å². The number of hydrogen-bond donors (Lipinski definition) is 5. The van der Waals surface area contributed by atoms with Gasteiger partial charge in [-0.1, -0.05) is 6.07 Å². The van der Waals surface area contributed by atoms with E-state index >= 15 is 0 Å². The molecular weight excluding hydrogens is 486 g/mol. The van der Waals surface area contributed by atoms with E-state index in [0.717, 1.165) is 43.1 Å². The zero-order chi connectivity index (χ0) is 26.8. The molecule has 1 aliphatic heterocycles. The maximum atomic E-state index is 13.0. The van der Waals surface area contributed by atoms with E-state index in [-0.39, 0.29) is 22.6 Å². The molecule has 3 aliphatic carbocycles. The van der Waals surface area contributed by atoms with Crippen molar-refractivity contribution in [1.29, 1.82) is 0 Å². The van der Waals surface area contributed by atoms with Gasteiger partial charge in [-0.15, -0.1) is 0 Å². The molecular formula is C28H33N5O5. The van der Waals surface area contributed by atoms with Crippen molar-refractivity contribution in [2.75, 3.05) is 13.1 Å². The normalized spacial score (nSPS) is 26.4. The number of benzene rings is 1. The van der Waals surface area contributed by atoms with Gasteiger partial charge in [-0.2, -0.15) is 0 Å². The number of carbonyl (C=O) groups excluding carboxylic acids is 3. The number of rotatable bonds is 7. The lowest BCUT2D eigenvalue weighted by Crippen LogP contribution is -2.63. The maximum Gasteiger partial charge on any atom is 0.261 e. The van der Waals surface area contributed by atoms with Crippen LogP contribution in [-0.4, -0.2) is 57.9 Å². The summed E-state index contributed by atoms with van der Waals surface area (Å²) >= 11 is 0. The molecule has 10 heteroatoms. The Balaban J connectivity index is 1.36. The average molecular weight is 520 g/mol. The number of aromatic nitrogens is 1. The molecule has 6 rings (SSSR count). The van der Waals surface area contributed by atoms with E-state index in [0.29, 0.717) is 18.9 Å². The zero-order valence-electron chi connectivity index (χ0n) is 21.2. The minimum absolute atomic E-state index is 0.121. The highest BCUT2D eigenvalue weighted by Crippen LogP contribution is 2.55. The van der Waals surface area contributed by atoms with Gasteiger partial charge >= 0.3 is 0 Å². The summed E-state index contributed by atoms with van der Waals surface area (Å²) in [5, 5.41) is 12.8. The maximum absolute atomic E-state index is 13.0. The molecule has 3 amide bonds. The standard InChI is InChI=1S/C28H33N5O5/c29-24(35)11-21(25(30)36)31-26(37)18-7-16-8-20-23-9-15-3-4-17(34)10-19(15)28(20,12-22(16)32-27(18)38)5-6-33(23)13-14-1-2-14/h3-4,7,10,14,20-21,23,34H,1-2,5-6,8-9,11-13H2,(H2,29,35)(H2,30,36)(H,31,37)(H,32,38)/t20-,21-,23?,28?/m0/s1. The SMILES string of the molecule is NC(=O)C[C@H](NC(=O)c1cc2c([nH]c1=O)CC13CCN(CC4CC4)C(Cc4ccc(O)cc41)[C@@H]3C2)C(N)=O. The first-order valence-electron chi connectivity index (χ1n) is 13.3. The lowest BCUT2D eigenvalue weighted by molar-refractivity contribution is -0.124. The summed E-state index contributed by atoms with van der Waals surface area (Å²) in [6, 6.07) is 6.38. The number of nitrogens with zero attached hydrogens (tertiary/aromatic N) is 1. The summed E-state index contributed by atoms with van der Waals surface area (Å²) in [7, 11) is 0. The number of phenolic OH excluding ortho intramolecular Hbond substituents is 1. The van der Waals surface area contributed by atoms with Crippen LogP contribution in [0.25, 0.3) is 0 Å². The van der Waals surface area contributed by atoms with Gasteiger partial charge in [0, 0.05) is 23.7 Å². The lowest BCUT2D eigenvalue weighted by Gasteiger charge is -2.59. The number of piperidine rings is 1. The molecule has 1 saturated heterocycles. The Morgan fingerprint density at radius 2 is 1.95 bits per heavy atom. The lowest BCUT2D eigenvalue weighted by atomic mass is 9.52. The van der Waals surface area contributed by atoms with Crippen LogP contribution in [0.4, 0.5) is 0 Å². The van der Waals surface area contributed by atoms with Crippen molar-refractivity contribution in [2.45, 2.75) is 62.4 Å². The number of nitrogens with one attached hydrogen (secondary N) is 2. The summed E-state index contributed by atoms with van der Waals surface area (Å²) < 4.78 is 0. The number of phenols is 1. The first-order valence-corrected chi connectivity index (χ1v) is 13.3. The number of H-pyrrole nitrogens is 1. The molecule has 4 atom stereocenters. The molecule has 2 aromatic rings. The second-order valence-electron chi connectivity index (χ2n) is 11.6. The predicted molar refractivity (Wildman–Crippen MR) is 138 cm³/mol. The van der Waals surface area contributed by atoms with Crippen LogP contribution in [-0.2, 0) is 34.3 Å². The highest BCUT2D eigenvalue weighted by Gasteiger charge is 2.55. The molecule has 2 heterocycles. The summed E-state index contributed by atoms with van der Waals surface area (Å²) in [6.45, 7) is 2.09. The number of pyridine rings is 1. The number of carbonyl (C=O) groups is 3. The average Bonchev–Trinajstić information content (AvgIpc) is 3.68. The van der Waals surface area contributed by atoms with Crippen LogP contribution < -0.4 is 22.3 Å². The number of aromatic amines is 1. The second-order valence-corrected chi connectivity index (χ2v) is 11.6. The molecule has 2 bridgehead atoms. The quantitative estimate of drug-likeness (QED) is 0.350. The zero-order valence-corrected chi connectivity index (χ0v) is 21.2. The second kappa shape index (κ2) is 8.97. The molecule has 0 spiro atoms. The molecule has 1 aromatic heterocycles. The topological polar surface area (TPSA) is 172 Å². The fourth-order valence-electron chi connectivity index (χ4n) is 7.19. The van der Waals surface area contributed by atoms with Crippen molar-refractivity contribution in [1.82, 2.24) is 15.2 Å². The minimum atomic E-state index is -1.29. The molecule has 1 aromatic carbocycles. The van der Waals surface area contributed by atoms with E-state index in [1.54, 1.807) is 12.1 Å². The molecule has 2 fully saturated rings. The molecule has 10 nitrogen and oxygen atoms in total. The summed E-state index contributed by atoms with van der Waals surface area (Å²) in [6.07, 6.45) is 5.29. The Labute approximate surface area is 219 Å². The first kappa shape index (κ1) is 24.7. The van der Waals surface area contributed by atoms with E-state index in [4.69, 9.17) is 11.5 Å².